The zero-order valence-corrected chi connectivity index (χ0v) is 11.4. The van der Waals surface area contributed by atoms with Gasteiger partial charge in [0.1, 0.15) is 0 Å². The van der Waals surface area contributed by atoms with E-state index in [-0.39, 0.29) is 18.6 Å². The molecule has 1 aliphatic heterocycles. The van der Waals surface area contributed by atoms with Crippen LogP contribution in [-0.2, 0) is 4.74 Å². The number of piperidine rings is 1. The Bertz CT molecular complexity index is 428. The number of hydrogen-bond donors (Lipinski definition) is 3. The van der Waals surface area contributed by atoms with E-state index < -0.39 is 0 Å². The molecule has 20 heavy (non-hydrogen) atoms. The van der Waals surface area contributed by atoms with Gasteiger partial charge in [-0.2, -0.15) is 0 Å². The van der Waals surface area contributed by atoms with Gasteiger partial charge in [-0.25, -0.2) is 0 Å². The van der Waals surface area contributed by atoms with Crippen LogP contribution in [0, 0.1) is 0 Å². The van der Waals surface area contributed by atoms with Crippen molar-refractivity contribution in [1.82, 2.24) is 4.90 Å². The lowest BCUT2D eigenvalue weighted by Gasteiger charge is -2.32. The van der Waals surface area contributed by atoms with E-state index in [2.05, 4.69) is 5.43 Å². The van der Waals surface area contributed by atoms with Gasteiger partial charge in [-0.3, -0.25) is 10.6 Å². The summed E-state index contributed by atoms with van der Waals surface area (Å²) in [5, 5.41) is 8.72. The summed E-state index contributed by atoms with van der Waals surface area (Å²) in [7, 11) is 0. The molecule has 1 saturated heterocycles. The Hall–Kier alpha value is -1.63. The van der Waals surface area contributed by atoms with Crippen LogP contribution in [0.2, 0.25) is 0 Å². The number of aliphatic hydroxyl groups excluding tert-OH is 1. The summed E-state index contributed by atoms with van der Waals surface area (Å²) < 4.78 is 5.49. The quantitative estimate of drug-likeness (QED) is 0.542. The minimum Gasteiger partial charge on any atom is -0.394 e. The van der Waals surface area contributed by atoms with Crippen molar-refractivity contribution < 1.29 is 14.6 Å². The standard InChI is InChI=1S/C14H21N3O3/c15-16-12-3-1-11(2-4-12)14(19)17-7-5-13(6-8-17)20-10-9-18/h1-4,13,16,18H,5-10,15H2. The number of amides is 1. The lowest BCUT2D eigenvalue weighted by atomic mass is 10.1. The lowest BCUT2D eigenvalue weighted by molar-refractivity contribution is -0.00554. The van der Waals surface area contributed by atoms with Gasteiger partial charge in [-0.05, 0) is 37.1 Å². The number of nitrogens with one attached hydrogen (secondary N) is 1. The minimum absolute atomic E-state index is 0.0363. The van der Waals surface area contributed by atoms with Crippen LogP contribution in [0.25, 0.3) is 0 Å². The number of anilines is 1. The summed E-state index contributed by atoms with van der Waals surface area (Å²) in [4.78, 5) is 14.2. The number of carbonyl (C=O) groups excluding carboxylic acids is 1. The summed E-state index contributed by atoms with van der Waals surface area (Å²) in [5.74, 6) is 5.33. The van der Waals surface area contributed by atoms with Crippen molar-refractivity contribution >= 4 is 11.6 Å². The molecule has 0 spiro atoms. The van der Waals surface area contributed by atoms with Crippen LogP contribution in [0.3, 0.4) is 0 Å². The predicted molar refractivity (Wildman–Crippen MR) is 76.2 cm³/mol. The number of nitrogen functional groups attached to an aromatic ring is 1. The number of hydrazine groups is 1. The number of rotatable bonds is 5. The average molecular weight is 279 g/mol. The molecule has 1 fully saturated rings. The average Bonchev–Trinajstić information content (AvgIpc) is 2.53. The first-order chi connectivity index (χ1) is 9.74. The van der Waals surface area contributed by atoms with E-state index in [4.69, 9.17) is 15.7 Å². The predicted octanol–water partition coefficient (Wildman–Crippen LogP) is 0.586. The zero-order valence-electron chi connectivity index (χ0n) is 11.4. The molecule has 1 aliphatic rings. The maximum absolute atomic E-state index is 12.3. The van der Waals surface area contributed by atoms with Crippen molar-refractivity contribution in [3.05, 3.63) is 29.8 Å². The lowest BCUT2D eigenvalue weighted by Crippen LogP contribution is -2.41. The Morgan fingerprint density at radius 2 is 2.00 bits per heavy atom. The second-order valence-corrected chi connectivity index (χ2v) is 4.81. The molecule has 6 nitrogen and oxygen atoms in total. The van der Waals surface area contributed by atoms with Crippen molar-refractivity contribution in [2.45, 2.75) is 18.9 Å². The van der Waals surface area contributed by atoms with Crippen LogP contribution < -0.4 is 11.3 Å². The smallest absolute Gasteiger partial charge is 0.253 e. The van der Waals surface area contributed by atoms with Gasteiger partial charge in [0.05, 0.1) is 19.3 Å². The van der Waals surface area contributed by atoms with Crippen LogP contribution in [0.5, 0.6) is 0 Å². The van der Waals surface area contributed by atoms with Crippen LogP contribution in [0.1, 0.15) is 23.2 Å². The molecule has 0 aliphatic carbocycles. The van der Waals surface area contributed by atoms with Crippen molar-refractivity contribution in [2.24, 2.45) is 5.84 Å². The van der Waals surface area contributed by atoms with Gasteiger partial charge < -0.3 is 20.2 Å². The van der Waals surface area contributed by atoms with Crippen molar-refractivity contribution in [3.63, 3.8) is 0 Å². The summed E-state index contributed by atoms with van der Waals surface area (Å²) in [5.41, 5.74) is 3.98. The highest BCUT2D eigenvalue weighted by atomic mass is 16.5. The van der Waals surface area contributed by atoms with E-state index in [9.17, 15) is 4.79 Å². The van der Waals surface area contributed by atoms with Gasteiger partial charge >= 0.3 is 0 Å². The largest absolute Gasteiger partial charge is 0.394 e. The minimum atomic E-state index is 0.0363. The second-order valence-electron chi connectivity index (χ2n) is 4.81. The van der Waals surface area contributed by atoms with Crippen LogP contribution >= 0.6 is 0 Å². The number of likely N-dealkylation sites (tertiary alicyclic amines) is 1. The molecule has 6 heteroatoms. The molecule has 0 bridgehead atoms. The molecule has 0 atom stereocenters. The highest BCUT2D eigenvalue weighted by Gasteiger charge is 2.23. The third kappa shape index (κ3) is 3.69. The second kappa shape index (κ2) is 7.23. The molecule has 2 rings (SSSR count). The molecule has 1 heterocycles. The maximum Gasteiger partial charge on any atom is 0.253 e. The van der Waals surface area contributed by atoms with Gasteiger partial charge in [0.25, 0.3) is 5.91 Å². The molecule has 0 unspecified atom stereocenters. The zero-order chi connectivity index (χ0) is 14.4. The van der Waals surface area contributed by atoms with E-state index in [1.165, 1.54) is 0 Å². The third-order valence-electron chi connectivity index (χ3n) is 3.47. The first-order valence-corrected chi connectivity index (χ1v) is 6.83. The fourth-order valence-electron chi connectivity index (χ4n) is 2.34. The normalized spacial score (nSPS) is 16.2. The molecular formula is C14H21N3O3. The summed E-state index contributed by atoms with van der Waals surface area (Å²) in [6, 6.07) is 7.10. The van der Waals surface area contributed by atoms with Gasteiger partial charge in [-0.1, -0.05) is 0 Å². The van der Waals surface area contributed by atoms with E-state index in [0.717, 1.165) is 18.5 Å². The monoisotopic (exact) mass is 279 g/mol. The number of nitrogens with two attached hydrogens (primary N) is 1. The molecule has 0 saturated carbocycles. The molecule has 0 radical (unpaired) electrons. The molecular weight excluding hydrogens is 258 g/mol. The summed E-state index contributed by atoms with van der Waals surface area (Å²) in [6.45, 7) is 1.78. The van der Waals surface area contributed by atoms with Crippen LogP contribution in [0.15, 0.2) is 24.3 Å². The maximum atomic E-state index is 12.3. The number of carbonyl (C=O) groups is 1. The molecule has 4 N–H and O–H groups in total. The van der Waals surface area contributed by atoms with Gasteiger partial charge in [0.2, 0.25) is 0 Å². The molecule has 1 aromatic rings. The van der Waals surface area contributed by atoms with E-state index in [1.54, 1.807) is 24.3 Å². The molecule has 0 aromatic heterocycles. The highest BCUT2D eigenvalue weighted by molar-refractivity contribution is 5.94. The SMILES string of the molecule is NNc1ccc(C(=O)N2CCC(OCCO)CC2)cc1. The first-order valence-electron chi connectivity index (χ1n) is 6.83. The molecule has 110 valence electrons. The van der Waals surface area contributed by atoms with E-state index >= 15 is 0 Å². The summed E-state index contributed by atoms with van der Waals surface area (Å²) >= 11 is 0. The van der Waals surface area contributed by atoms with Crippen LogP contribution in [0.4, 0.5) is 5.69 Å². The summed E-state index contributed by atoms with van der Waals surface area (Å²) in [6.07, 6.45) is 1.78. The van der Waals surface area contributed by atoms with Crippen LogP contribution in [-0.4, -0.2) is 48.3 Å². The number of nitrogens with zero attached hydrogens (tertiary/aromatic N) is 1. The number of hydrogen-bond acceptors (Lipinski definition) is 5. The molecule has 1 aromatic carbocycles. The van der Waals surface area contributed by atoms with E-state index in [0.29, 0.717) is 25.3 Å². The van der Waals surface area contributed by atoms with Crippen molar-refractivity contribution in [1.29, 1.82) is 0 Å². The Morgan fingerprint density at radius 1 is 1.35 bits per heavy atom. The number of ether oxygens (including phenoxy) is 1. The van der Waals surface area contributed by atoms with Gasteiger partial charge in [0, 0.05) is 24.3 Å². The Labute approximate surface area is 118 Å². The molecule has 1 amide bonds. The third-order valence-corrected chi connectivity index (χ3v) is 3.47. The van der Waals surface area contributed by atoms with Crippen molar-refractivity contribution in [3.8, 4) is 0 Å². The number of benzene rings is 1. The Kier molecular flexibility index (Phi) is 5.34. The fraction of sp³-hybridized carbons (Fsp3) is 0.500. The van der Waals surface area contributed by atoms with Gasteiger partial charge in [-0.15, -0.1) is 0 Å². The Morgan fingerprint density at radius 3 is 2.55 bits per heavy atom. The van der Waals surface area contributed by atoms with E-state index in [1.807, 2.05) is 4.90 Å². The van der Waals surface area contributed by atoms with Crippen molar-refractivity contribution in [2.75, 3.05) is 31.7 Å². The Balaban J connectivity index is 1.87. The fourth-order valence-corrected chi connectivity index (χ4v) is 2.34. The highest BCUT2D eigenvalue weighted by Crippen LogP contribution is 2.17. The first kappa shape index (κ1) is 14.8. The topological polar surface area (TPSA) is 87.8 Å². The van der Waals surface area contributed by atoms with Gasteiger partial charge in [0.15, 0.2) is 0 Å². The number of aliphatic hydroxyl groups is 1.